The zero-order valence-electron chi connectivity index (χ0n) is 8.57. The van der Waals surface area contributed by atoms with Gasteiger partial charge in [0.2, 0.25) is 0 Å². The molecule has 14 heavy (non-hydrogen) atoms. The van der Waals surface area contributed by atoms with Gasteiger partial charge in [0, 0.05) is 6.20 Å². The van der Waals surface area contributed by atoms with E-state index < -0.39 is 6.09 Å². The van der Waals surface area contributed by atoms with Crippen molar-refractivity contribution in [3.8, 4) is 0 Å². The molecule has 0 fully saturated rings. The van der Waals surface area contributed by atoms with Gasteiger partial charge in [0.25, 0.3) is 0 Å². The zero-order chi connectivity index (χ0) is 10.6. The van der Waals surface area contributed by atoms with E-state index in [0.29, 0.717) is 5.69 Å². The lowest BCUT2D eigenvalue weighted by atomic mass is 10.3. The van der Waals surface area contributed by atoms with Crippen LogP contribution >= 0.6 is 0 Å². The van der Waals surface area contributed by atoms with E-state index in [4.69, 9.17) is 4.74 Å². The normalized spacial score (nSPS) is 10.0. The van der Waals surface area contributed by atoms with E-state index in [2.05, 4.69) is 10.3 Å². The lowest BCUT2D eigenvalue weighted by molar-refractivity contribution is 0.130. The van der Waals surface area contributed by atoms with Gasteiger partial charge in [-0.3, -0.25) is 10.3 Å². The number of hydrogen-bond donors (Lipinski definition) is 1. The van der Waals surface area contributed by atoms with Crippen LogP contribution in [0.25, 0.3) is 0 Å². The lowest BCUT2D eigenvalue weighted by Crippen LogP contribution is -2.18. The van der Waals surface area contributed by atoms with Gasteiger partial charge in [-0.2, -0.15) is 0 Å². The number of aromatic nitrogens is 1. The van der Waals surface area contributed by atoms with Crippen LogP contribution in [-0.2, 0) is 4.74 Å². The van der Waals surface area contributed by atoms with E-state index in [-0.39, 0.29) is 6.10 Å². The topological polar surface area (TPSA) is 51.2 Å². The second-order valence-electron chi connectivity index (χ2n) is 3.22. The van der Waals surface area contributed by atoms with Crippen molar-refractivity contribution >= 4 is 11.8 Å². The van der Waals surface area contributed by atoms with Crippen molar-refractivity contribution in [2.24, 2.45) is 0 Å². The number of nitrogens with zero attached hydrogens (tertiary/aromatic N) is 1. The van der Waals surface area contributed by atoms with Gasteiger partial charge in [-0.15, -0.1) is 0 Å². The van der Waals surface area contributed by atoms with Crippen molar-refractivity contribution < 1.29 is 9.53 Å². The molecule has 4 heteroatoms. The molecule has 0 saturated carbocycles. The molecule has 0 unspecified atom stereocenters. The molecule has 1 aromatic heterocycles. The SMILES string of the molecule is Cc1ncccc1NC(=O)OC(C)C. The number of ether oxygens (including phenoxy) is 1. The molecule has 0 radical (unpaired) electrons. The quantitative estimate of drug-likeness (QED) is 0.786. The van der Waals surface area contributed by atoms with Crippen LogP contribution in [0.15, 0.2) is 18.3 Å². The molecule has 1 N–H and O–H groups in total. The van der Waals surface area contributed by atoms with Crippen LogP contribution in [0.1, 0.15) is 19.5 Å². The van der Waals surface area contributed by atoms with Gasteiger partial charge in [-0.1, -0.05) is 0 Å². The summed E-state index contributed by atoms with van der Waals surface area (Å²) in [4.78, 5) is 15.3. The van der Waals surface area contributed by atoms with Crippen LogP contribution < -0.4 is 5.32 Å². The number of carbonyl (C=O) groups is 1. The minimum absolute atomic E-state index is 0.119. The Balaban J connectivity index is 2.61. The molecule has 0 atom stereocenters. The van der Waals surface area contributed by atoms with Gasteiger partial charge in [-0.25, -0.2) is 4.79 Å². The van der Waals surface area contributed by atoms with E-state index >= 15 is 0 Å². The van der Waals surface area contributed by atoms with Crippen molar-refractivity contribution in [2.75, 3.05) is 5.32 Å². The molecule has 0 aliphatic heterocycles. The smallest absolute Gasteiger partial charge is 0.411 e. The monoisotopic (exact) mass is 194 g/mol. The van der Waals surface area contributed by atoms with Gasteiger partial charge in [0.1, 0.15) is 0 Å². The maximum atomic E-state index is 11.2. The average molecular weight is 194 g/mol. The van der Waals surface area contributed by atoms with E-state index in [0.717, 1.165) is 5.69 Å². The van der Waals surface area contributed by atoms with Gasteiger partial charge in [-0.05, 0) is 32.9 Å². The number of rotatable bonds is 2. The molecular weight excluding hydrogens is 180 g/mol. The van der Waals surface area contributed by atoms with Crippen molar-refractivity contribution in [1.82, 2.24) is 4.98 Å². The van der Waals surface area contributed by atoms with Crippen molar-refractivity contribution in [1.29, 1.82) is 0 Å². The summed E-state index contributed by atoms with van der Waals surface area (Å²) in [5.41, 5.74) is 1.45. The largest absolute Gasteiger partial charge is 0.447 e. The molecule has 4 nitrogen and oxygen atoms in total. The Labute approximate surface area is 83.3 Å². The van der Waals surface area contributed by atoms with E-state index in [9.17, 15) is 4.79 Å². The number of amides is 1. The average Bonchev–Trinajstić information content (AvgIpc) is 2.07. The van der Waals surface area contributed by atoms with Crippen LogP contribution in [0.3, 0.4) is 0 Å². The molecular formula is C10H14N2O2. The summed E-state index contributed by atoms with van der Waals surface area (Å²) in [6, 6.07) is 3.54. The van der Waals surface area contributed by atoms with Gasteiger partial charge in [0.05, 0.1) is 17.5 Å². The molecule has 0 bridgehead atoms. The Kier molecular flexibility index (Phi) is 3.45. The van der Waals surface area contributed by atoms with Gasteiger partial charge >= 0.3 is 6.09 Å². The summed E-state index contributed by atoms with van der Waals surface area (Å²) in [6.07, 6.45) is 1.11. The number of carbonyl (C=O) groups excluding carboxylic acids is 1. The first-order chi connectivity index (χ1) is 6.59. The summed E-state index contributed by atoms with van der Waals surface area (Å²) < 4.78 is 4.93. The highest BCUT2D eigenvalue weighted by Crippen LogP contribution is 2.10. The van der Waals surface area contributed by atoms with Gasteiger partial charge in [0.15, 0.2) is 0 Å². The van der Waals surface area contributed by atoms with E-state index in [1.807, 2.05) is 6.92 Å². The number of pyridine rings is 1. The summed E-state index contributed by atoms with van der Waals surface area (Å²) in [5, 5.41) is 2.62. The molecule has 0 aliphatic rings. The Hall–Kier alpha value is -1.58. The Morgan fingerprint density at radius 3 is 2.86 bits per heavy atom. The van der Waals surface area contributed by atoms with Crippen LogP contribution in [0.5, 0.6) is 0 Å². The highest BCUT2D eigenvalue weighted by molar-refractivity contribution is 5.85. The molecule has 0 aromatic carbocycles. The number of nitrogens with one attached hydrogen (secondary N) is 1. The predicted octanol–water partition coefficient (Wildman–Crippen LogP) is 2.35. The maximum Gasteiger partial charge on any atom is 0.411 e. The molecule has 0 saturated heterocycles. The van der Waals surface area contributed by atoms with Crippen LogP contribution in [0.2, 0.25) is 0 Å². The minimum atomic E-state index is -0.448. The molecule has 1 aromatic rings. The first kappa shape index (κ1) is 10.5. The molecule has 0 aliphatic carbocycles. The number of aryl methyl sites for hydroxylation is 1. The third-order valence-corrected chi connectivity index (χ3v) is 1.59. The Morgan fingerprint density at radius 1 is 1.57 bits per heavy atom. The van der Waals surface area contributed by atoms with E-state index in [1.54, 1.807) is 32.2 Å². The predicted molar refractivity (Wildman–Crippen MR) is 54.2 cm³/mol. The fourth-order valence-electron chi connectivity index (χ4n) is 0.970. The molecule has 1 rings (SSSR count). The second-order valence-corrected chi connectivity index (χ2v) is 3.22. The third-order valence-electron chi connectivity index (χ3n) is 1.59. The van der Waals surface area contributed by atoms with Crippen molar-refractivity contribution in [3.63, 3.8) is 0 Å². The number of anilines is 1. The third kappa shape index (κ3) is 3.05. The van der Waals surface area contributed by atoms with Crippen LogP contribution in [0.4, 0.5) is 10.5 Å². The van der Waals surface area contributed by atoms with Crippen LogP contribution in [-0.4, -0.2) is 17.2 Å². The summed E-state index contributed by atoms with van der Waals surface area (Å²) in [6.45, 7) is 5.43. The lowest BCUT2D eigenvalue weighted by Gasteiger charge is -2.10. The Morgan fingerprint density at radius 2 is 2.29 bits per heavy atom. The maximum absolute atomic E-state index is 11.2. The first-order valence-corrected chi connectivity index (χ1v) is 4.49. The molecule has 0 spiro atoms. The van der Waals surface area contributed by atoms with Crippen molar-refractivity contribution in [2.45, 2.75) is 26.9 Å². The molecule has 76 valence electrons. The Bertz CT molecular complexity index is 324. The molecule has 1 heterocycles. The van der Waals surface area contributed by atoms with E-state index in [1.165, 1.54) is 0 Å². The molecule has 1 amide bonds. The summed E-state index contributed by atoms with van der Waals surface area (Å²) in [5.74, 6) is 0. The fourth-order valence-corrected chi connectivity index (χ4v) is 0.970. The first-order valence-electron chi connectivity index (χ1n) is 4.49. The van der Waals surface area contributed by atoms with Gasteiger partial charge < -0.3 is 4.74 Å². The van der Waals surface area contributed by atoms with Crippen LogP contribution in [0, 0.1) is 6.92 Å². The number of hydrogen-bond acceptors (Lipinski definition) is 3. The highest BCUT2D eigenvalue weighted by Gasteiger charge is 2.06. The highest BCUT2D eigenvalue weighted by atomic mass is 16.6. The minimum Gasteiger partial charge on any atom is -0.447 e. The van der Waals surface area contributed by atoms with Crippen molar-refractivity contribution in [3.05, 3.63) is 24.0 Å². The standard InChI is InChI=1S/C10H14N2O2/c1-7(2)14-10(13)12-9-5-4-6-11-8(9)3/h4-7H,1-3H3,(H,12,13). The summed E-state index contributed by atoms with van der Waals surface area (Å²) in [7, 11) is 0. The summed E-state index contributed by atoms with van der Waals surface area (Å²) >= 11 is 0. The fraction of sp³-hybridized carbons (Fsp3) is 0.400. The second kappa shape index (κ2) is 4.60. The zero-order valence-corrected chi connectivity index (χ0v) is 8.57.